The number of carbonyl (C=O) groups is 1. The summed E-state index contributed by atoms with van der Waals surface area (Å²) in [5, 5.41) is 0.362. The van der Waals surface area contributed by atoms with E-state index in [1.165, 1.54) is 23.1 Å². The van der Waals surface area contributed by atoms with Gasteiger partial charge in [-0.1, -0.05) is 11.6 Å². The van der Waals surface area contributed by atoms with E-state index in [1.54, 1.807) is 18.8 Å². The summed E-state index contributed by atoms with van der Waals surface area (Å²) < 4.78 is 13.5. The molecule has 0 saturated carbocycles. The number of rotatable bonds is 4. The average Bonchev–Trinajstić information content (AvgIpc) is 2.30. The summed E-state index contributed by atoms with van der Waals surface area (Å²) in [6.45, 7) is 1.93. The normalized spacial score (nSPS) is 12.3. The molecule has 5 heteroatoms. The van der Waals surface area contributed by atoms with Gasteiger partial charge in [0.2, 0.25) is 0 Å². The predicted octanol–water partition coefficient (Wildman–Crippen LogP) is 3.30. The summed E-state index contributed by atoms with van der Waals surface area (Å²) in [6.07, 6.45) is 1.97. The van der Waals surface area contributed by atoms with Gasteiger partial charge >= 0.3 is 0 Å². The molecule has 1 rings (SSSR count). The third kappa shape index (κ3) is 3.61. The zero-order chi connectivity index (χ0) is 13.0. The van der Waals surface area contributed by atoms with Gasteiger partial charge < -0.3 is 4.90 Å². The summed E-state index contributed by atoms with van der Waals surface area (Å²) in [5.74, 6) is -0.0705. The van der Waals surface area contributed by atoms with Gasteiger partial charge in [0.25, 0.3) is 5.91 Å². The van der Waals surface area contributed by atoms with Crippen molar-refractivity contribution < 1.29 is 9.18 Å². The average molecular weight is 276 g/mol. The van der Waals surface area contributed by atoms with E-state index in [1.807, 2.05) is 13.2 Å². The van der Waals surface area contributed by atoms with Crippen LogP contribution in [0.4, 0.5) is 4.39 Å². The Bertz CT molecular complexity index is 413. The van der Waals surface area contributed by atoms with Crippen LogP contribution in [0.1, 0.15) is 17.3 Å². The molecular formula is C12H15ClFNOS. The Hall–Kier alpha value is -0.740. The first-order valence-corrected chi connectivity index (χ1v) is 6.95. The number of thioether (sulfide) groups is 1. The minimum absolute atomic E-state index is 0.0213. The van der Waals surface area contributed by atoms with E-state index in [-0.39, 0.29) is 17.5 Å². The highest BCUT2D eigenvalue weighted by Gasteiger charge is 2.20. The Morgan fingerprint density at radius 1 is 1.59 bits per heavy atom. The Kier molecular flexibility index (Phi) is 5.28. The van der Waals surface area contributed by atoms with Crippen molar-refractivity contribution in [1.29, 1.82) is 0 Å². The van der Waals surface area contributed by atoms with Crippen LogP contribution in [0.25, 0.3) is 0 Å². The van der Waals surface area contributed by atoms with E-state index < -0.39 is 5.82 Å². The molecule has 0 radical (unpaired) electrons. The summed E-state index contributed by atoms with van der Waals surface area (Å²) in [6, 6.07) is 4.05. The lowest BCUT2D eigenvalue weighted by Gasteiger charge is -2.24. The Balaban J connectivity index is 2.92. The number of hydrogen-bond acceptors (Lipinski definition) is 2. The van der Waals surface area contributed by atoms with E-state index in [4.69, 9.17) is 11.6 Å². The fourth-order valence-corrected chi connectivity index (χ4v) is 2.28. The van der Waals surface area contributed by atoms with Crippen LogP contribution in [-0.4, -0.2) is 35.9 Å². The van der Waals surface area contributed by atoms with Crippen molar-refractivity contribution in [2.24, 2.45) is 0 Å². The summed E-state index contributed by atoms with van der Waals surface area (Å²) in [4.78, 5) is 13.6. The zero-order valence-corrected chi connectivity index (χ0v) is 11.6. The van der Waals surface area contributed by atoms with Crippen LogP contribution in [-0.2, 0) is 0 Å². The van der Waals surface area contributed by atoms with Gasteiger partial charge in [0.05, 0.1) is 5.56 Å². The molecule has 17 heavy (non-hydrogen) atoms. The van der Waals surface area contributed by atoms with Crippen LogP contribution in [0, 0.1) is 5.82 Å². The van der Waals surface area contributed by atoms with Crippen LogP contribution >= 0.6 is 23.4 Å². The summed E-state index contributed by atoms with van der Waals surface area (Å²) in [7, 11) is 1.67. The number of amides is 1. The SMILES string of the molecule is CSCC(C)N(C)C(=O)c1cc(Cl)ccc1F. The van der Waals surface area contributed by atoms with Gasteiger partial charge in [0.15, 0.2) is 0 Å². The van der Waals surface area contributed by atoms with Gasteiger partial charge in [-0.25, -0.2) is 4.39 Å². The van der Waals surface area contributed by atoms with E-state index in [2.05, 4.69) is 0 Å². The van der Waals surface area contributed by atoms with Crippen molar-refractivity contribution in [2.75, 3.05) is 19.1 Å². The third-order valence-electron chi connectivity index (χ3n) is 2.55. The highest BCUT2D eigenvalue weighted by molar-refractivity contribution is 7.98. The van der Waals surface area contributed by atoms with Crippen LogP contribution in [0.3, 0.4) is 0 Å². The van der Waals surface area contributed by atoms with Gasteiger partial charge in [-0.2, -0.15) is 11.8 Å². The Morgan fingerprint density at radius 3 is 2.82 bits per heavy atom. The summed E-state index contributed by atoms with van der Waals surface area (Å²) in [5.41, 5.74) is 0.0213. The molecule has 94 valence electrons. The lowest BCUT2D eigenvalue weighted by atomic mass is 10.1. The molecule has 1 atom stereocenters. The molecule has 1 unspecified atom stereocenters. The second-order valence-electron chi connectivity index (χ2n) is 3.84. The first-order valence-electron chi connectivity index (χ1n) is 5.18. The largest absolute Gasteiger partial charge is 0.338 e. The lowest BCUT2D eigenvalue weighted by molar-refractivity contribution is 0.0753. The van der Waals surface area contributed by atoms with E-state index in [9.17, 15) is 9.18 Å². The second kappa shape index (κ2) is 6.26. The number of hydrogen-bond donors (Lipinski definition) is 0. The standard InChI is InChI=1S/C12H15ClFNOS/c1-8(7-17-3)15(2)12(16)10-6-9(13)4-5-11(10)14/h4-6,8H,7H2,1-3H3. The van der Waals surface area contributed by atoms with Crippen molar-refractivity contribution in [3.63, 3.8) is 0 Å². The van der Waals surface area contributed by atoms with Crippen molar-refractivity contribution in [2.45, 2.75) is 13.0 Å². The van der Waals surface area contributed by atoms with Crippen LogP contribution in [0.5, 0.6) is 0 Å². The molecule has 1 amide bonds. The molecule has 1 aromatic rings. The van der Waals surface area contributed by atoms with E-state index >= 15 is 0 Å². The smallest absolute Gasteiger partial charge is 0.256 e. The number of benzene rings is 1. The maximum atomic E-state index is 13.5. The number of carbonyl (C=O) groups excluding carboxylic acids is 1. The molecule has 1 aromatic carbocycles. The fourth-order valence-electron chi connectivity index (χ4n) is 1.40. The van der Waals surface area contributed by atoms with Crippen LogP contribution in [0.15, 0.2) is 18.2 Å². The maximum absolute atomic E-state index is 13.5. The minimum atomic E-state index is -0.539. The molecule has 0 N–H and O–H groups in total. The molecule has 0 bridgehead atoms. The molecule has 0 fully saturated rings. The van der Waals surface area contributed by atoms with Gasteiger partial charge in [-0.3, -0.25) is 4.79 Å². The van der Waals surface area contributed by atoms with Crippen molar-refractivity contribution >= 4 is 29.3 Å². The highest BCUT2D eigenvalue weighted by atomic mass is 35.5. The van der Waals surface area contributed by atoms with Gasteiger partial charge in [-0.05, 0) is 31.4 Å². The Morgan fingerprint density at radius 2 is 2.24 bits per heavy atom. The minimum Gasteiger partial charge on any atom is -0.338 e. The van der Waals surface area contributed by atoms with Gasteiger partial charge in [0, 0.05) is 23.9 Å². The van der Waals surface area contributed by atoms with Crippen molar-refractivity contribution in [1.82, 2.24) is 4.90 Å². The number of halogens is 2. The fraction of sp³-hybridized carbons (Fsp3) is 0.417. The molecule has 0 saturated heterocycles. The van der Waals surface area contributed by atoms with Crippen LogP contribution < -0.4 is 0 Å². The molecule has 2 nitrogen and oxygen atoms in total. The highest BCUT2D eigenvalue weighted by Crippen LogP contribution is 2.17. The molecule has 0 aliphatic carbocycles. The molecular weight excluding hydrogens is 261 g/mol. The molecule has 0 aliphatic heterocycles. The van der Waals surface area contributed by atoms with Gasteiger partial charge in [-0.15, -0.1) is 0 Å². The molecule has 0 spiro atoms. The first-order chi connectivity index (χ1) is 7.97. The van der Waals surface area contributed by atoms with Crippen molar-refractivity contribution in [3.8, 4) is 0 Å². The third-order valence-corrected chi connectivity index (χ3v) is 3.60. The topological polar surface area (TPSA) is 20.3 Å². The monoisotopic (exact) mass is 275 g/mol. The van der Waals surface area contributed by atoms with Crippen molar-refractivity contribution in [3.05, 3.63) is 34.6 Å². The lowest BCUT2D eigenvalue weighted by Crippen LogP contribution is -2.37. The first kappa shape index (κ1) is 14.3. The number of nitrogens with zero attached hydrogens (tertiary/aromatic N) is 1. The van der Waals surface area contributed by atoms with E-state index in [0.717, 1.165) is 5.75 Å². The summed E-state index contributed by atoms with van der Waals surface area (Å²) >= 11 is 7.41. The van der Waals surface area contributed by atoms with Gasteiger partial charge in [0.1, 0.15) is 5.82 Å². The van der Waals surface area contributed by atoms with Crippen LogP contribution in [0.2, 0.25) is 5.02 Å². The molecule has 0 heterocycles. The second-order valence-corrected chi connectivity index (χ2v) is 5.19. The quantitative estimate of drug-likeness (QED) is 0.840. The Labute approximate surface area is 110 Å². The predicted molar refractivity (Wildman–Crippen MR) is 71.3 cm³/mol. The zero-order valence-electron chi connectivity index (χ0n) is 10.0. The van der Waals surface area contributed by atoms with E-state index in [0.29, 0.717) is 5.02 Å². The maximum Gasteiger partial charge on any atom is 0.256 e. The molecule has 0 aliphatic rings. The molecule has 0 aromatic heterocycles.